The molecule has 0 saturated heterocycles. The van der Waals surface area contributed by atoms with E-state index in [0.717, 1.165) is 0 Å². The van der Waals surface area contributed by atoms with E-state index in [0.29, 0.717) is 0 Å². The van der Waals surface area contributed by atoms with Crippen LogP contribution in [0.4, 0.5) is 11.4 Å². The fraction of sp³-hybridized carbons (Fsp3) is 0.231. The van der Waals surface area contributed by atoms with Gasteiger partial charge in [-0.3, -0.25) is 0 Å². The maximum atomic E-state index is 3.24. The first kappa shape index (κ1) is 9.84. The molecule has 15 heavy (non-hydrogen) atoms. The van der Waals surface area contributed by atoms with Gasteiger partial charge in [-0.2, -0.15) is 0 Å². The molecule has 2 heteroatoms. The van der Waals surface area contributed by atoms with E-state index in [9.17, 15) is 0 Å². The molecule has 78 valence electrons. The van der Waals surface area contributed by atoms with Gasteiger partial charge in [0.05, 0.1) is 0 Å². The summed E-state index contributed by atoms with van der Waals surface area (Å²) in [5, 5.41) is 5.79. The minimum Gasteiger partial charge on any atom is -0.388 e. The van der Waals surface area contributed by atoms with E-state index in [1.807, 2.05) is 7.05 Å². The van der Waals surface area contributed by atoms with Gasteiger partial charge in [-0.1, -0.05) is 24.3 Å². The Balaban J connectivity index is 2.81. The molecule has 0 atom stereocenters. The van der Waals surface area contributed by atoms with Gasteiger partial charge in [0.25, 0.3) is 0 Å². The van der Waals surface area contributed by atoms with E-state index >= 15 is 0 Å². The van der Waals surface area contributed by atoms with Gasteiger partial charge in [0.2, 0.25) is 0 Å². The molecule has 0 bridgehead atoms. The largest absolute Gasteiger partial charge is 0.388 e. The van der Waals surface area contributed by atoms with Crippen molar-refractivity contribution in [1.82, 2.24) is 0 Å². The van der Waals surface area contributed by atoms with Crippen molar-refractivity contribution in [3.63, 3.8) is 0 Å². The van der Waals surface area contributed by atoms with Gasteiger partial charge in [-0.25, -0.2) is 0 Å². The number of fused-ring (bicyclic) bond motifs is 1. The van der Waals surface area contributed by atoms with Crippen molar-refractivity contribution in [3.8, 4) is 0 Å². The molecule has 2 aromatic carbocycles. The first-order chi connectivity index (χ1) is 7.24. The third kappa shape index (κ3) is 1.63. The smallest absolute Gasteiger partial charge is 0.0461 e. The zero-order chi connectivity index (χ0) is 10.8. The zero-order valence-corrected chi connectivity index (χ0v) is 9.41. The minimum atomic E-state index is 1.18. The number of anilines is 2. The maximum Gasteiger partial charge on any atom is 0.0461 e. The second kappa shape index (κ2) is 3.81. The average molecular weight is 202 g/mol. The Labute approximate surface area is 90.5 Å². The standard InChI is InChI=1S/C13H16N2/c1-14-11-8-4-6-10-7-5-9-12(13(10)11)15(2)3/h4-9,14H,1-3H3/i14+1,15+1. The molecule has 0 radical (unpaired) electrons. The highest BCUT2D eigenvalue weighted by molar-refractivity contribution is 6.03. The fourth-order valence-corrected chi connectivity index (χ4v) is 1.90. The van der Waals surface area contributed by atoms with Crippen LogP contribution in [0.25, 0.3) is 10.8 Å². The first-order valence-electron chi connectivity index (χ1n) is 5.11. The highest BCUT2D eigenvalue weighted by Gasteiger charge is 2.05. The Morgan fingerprint density at radius 1 is 1.00 bits per heavy atom. The van der Waals surface area contributed by atoms with Crippen molar-refractivity contribution in [3.05, 3.63) is 36.4 Å². The van der Waals surface area contributed by atoms with Crippen molar-refractivity contribution >= 4 is 22.1 Å². The van der Waals surface area contributed by atoms with Crippen LogP contribution < -0.4 is 10.2 Å². The molecule has 1 N–H and O–H groups in total. The molecule has 0 fully saturated rings. The quantitative estimate of drug-likeness (QED) is 0.753. The van der Waals surface area contributed by atoms with Gasteiger partial charge in [-0.15, -0.1) is 0 Å². The number of nitrogens with zero attached hydrogens (tertiary/aromatic N) is 1. The number of nitrogens with one attached hydrogen (secondary N) is 1. The number of hydrogen-bond acceptors (Lipinski definition) is 2. The Morgan fingerprint density at radius 2 is 1.67 bits per heavy atom. The lowest BCUT2D eigenvalue weighted by Crippen LogP contribution is -2.09. The second-order valence-corrected chi connectivity index (χ2v) is 3.83. The van der Waals surface area contributed by atoms with Crippen molar-refractivity contribution in [2.24, 2.45) is 0 Å². The van der Waals surface area contributed by atoms with E-state index in [1.165, 1.54) is 22.1 Å². The molecule has 0 spiro atoms. The van der Waals surface area contributed by atoms with Gasteiger partial charge in [0.15, 0.2) is 0 Å². The van der Waals surface area contributed by atoms with E-state index < -0.39 is 0 Å². The fourth-order valence-electron chi connectivity index (χ4n) is 1.90. The van der Waals surface area contributed by atoms with Crippen molar-refractivity contribution in [2.45, 2.75) is 0 Å². The van der Waals surface area contributed by atoms with Crippen molar-refractivity contribution in [2.75, 3.05) is 31.4 Å². The third-order valence-corrected chi connectivity index (χ3v) is 2.63. The molecule has 0 aromatic heterocycles. The minimum absolute atomic E-state index is 1.18. The van der Waals surface area contributed by atoms with Crippen LogP contribution in [0.3, 0.4) is 0 Å². The summed E-state index contributed by atoms with van der Waals surface area (Å²) in [6, 6.07) is 12.7. The van der Waals surface area contributed by atoms with Crippen LogP contribution in [-0.2, 0) is 0 Å². The predicted octanol–water partition coefficient (Wildman–Crippen LogP) is 2.95. The summed E-state index contributed by atoms with van der Waals surface area (Å²) in [6.45, 7) is 0. The maximum absolute atomic E-state index is 3.24. The summed E-state index contributed by atoms with van der Waals surface area (Å²) in [5.41, 5.74) is 2.43. The van der Waals surface area contributed by atoms with Crippen LogP contribution in [0, 0.1) is 0 Å². The summed E-state index contributed by atoms with van der Waals surface area (Å²) in [6.07, 6.45) is 0. The Kier molecular flexibility index (Phi) is 2.50. The number of rotatable bonds is 2. The number of benzene rings is 2. The Morgan fingerprint density at radius 3 is 2.27 bits per heavy atom. The summed E-state index contributed by atoms with van der Waals surface area (Å²) in [4.78, 5) is 2.14. The molecule has 0 saturated carbocycles. The van der Waals surface area contributed by atoms with Crippen LogP contribution in [-0.4, -0.2) is 21.1 Å². The zero-order valence-electron chi connectivity index (χ0n) is 9.41. The van der Waals surface area contributed by atoms with E-state index in [4.69, 9.17) is 0 Å². The van der Waals surface area contributed by atoms with Crippen molar-refractivity contribution in [1.29, 1.82) is 0 Å². The van der Waals surface area contributed by atoms with Crippen molar-refractivity contribution < 1.29 is 0 Å². The van der Waals surface area contributed by atoms with Crippen LogP contribution in [0.1, 0.15) is 0 Å². The van der Waals surface area contributed by atoms with Gasteiger partial charge < -0.3 is 10.2 Å². The lowest BCUT2D eigenvalue weighted by atomic mass is 10.1. The topological polar surface area (TPSA) is 15.3 Å². The van der Waals surface area contributed by atoms with E-state index in [-0.39, 0.29) is 0 Å². The van der Waals surface area contributed by atoms with Gasteiger partial charge in [-0.05, 0) is 17.5 Å². The Bertz CT molecular complexity index is 470. The summed E-state index contributed by atoms with van der Waals surface area (Å²) >= 11 is 0. The van der Waals surface area contributed by atoms with E-state index in [2.05, 4.69) is 60.7 Å². The second-order valence-electron chi connectivity index (χ2n) is 3.83. The summed E-state index contributed by atoms with van der Waals surface area (Å²) in [5.74, 6) is 0. The molecule has 2 rings (SSSR count). The first-order valence-corrected chi connectivity index (χ1v) is 5.11. The molecular weight excluding hydrogens is 186 g/mol. The van der Waals surface area contributed by atoms with Gasteiger partial charge >= 0.3 is 0 Å². The monoisotopic (exact) mass is 202 g/mol. The van der Waals surface area contributed by atoms with Crippen LogP contribution in [0.2, 0.25) is 0 Å². The third-order valence-electron chi connectivity index (χ3n) is 2.63. The molecule has 2 aromatic rings. The molecule has 0 amide bonds. The Hall–Kier alpha value is -1.70. The molecule has 0 aliphatic heterocycles. The average Bonchev–Trinajstić information content (AvgIpc) is 2.27. The summed E-state index contributed by atoms with van der Waals surface area (Å²) < 4.78 is 0. The number of hydrogen-bond donors (Lipinski definition) is 1. The molecule has 0 heterocycles. The normalized spacial score (nSPS) is 10.3. The van der Waals surface area contributed by atoms with Crippen LogP contribution in [0.15, 0.2) is 36.4 Å². The highest BCUT2D eigenvalue weighted by atomic mass is 15.8. The SMILES string of the molecule is C[15NH]c1cccc2cccc([15N](C)C)c12. The molecule has 0 aliphatic carbocycles. The molecular formula is C13H16N2. The lowest BCUT2D eigenvalue weighted by Gasteiger charge is -2.17. The van der Waals surface area contributed by atoms with Crippen LogP contribution in [0.5, 0.6) is 0 Å². The summed E-state index contributed by atoms with van der Waals surface area (Å²) in [7, 11) is 6.10. The molecule has 0 aliphatic rings. The van der Waals surface area contributed by atoms with E-state index in [1.54, 1.807) is 0 Å². The molecule has 2 nitrogen and oxygen atoms in total. The van der Waals surface area contributed by atoms with Gasteiger partial charge in [0.1, 0.15) is 0 Å². The highest BCUT2D eigenvalue weighted by Crippen LogP contribution is 2.31. The van der Waals surface area contributed by atoms with Crippen LogP contribution >= 0.6 is 0 Å². The molecule has 0 unspecified atom stereocenters. The predicted molar refractivity (Wildman–Crippen MR) is 67.8 cm³/mol. The lowest BCUT2D eigenvalue weighted by molar-refractivity contribution is 1.14. The van der Waals surface area contributed by atoms with Gasteiger partial charge in [0, 0.05) is 37.9 Å².